The largest absolute Gasteiger partial charge is 0.480 e. The number of nitrogens with one attached hydrogen (secondary N) is 1. The number of benzene rings is 1. The summed E-state index contributed by atoms with van der Waals surface area (Å²) in [6, 6.07) is 9.13. The molecule has 1 aromatic heterocycles. The van der Waals surface area contributed by atoms with Crippen molar-refractivity contribution in [2.24, 2.45) is 0 Å². The van der Waals surface area contributed by atoms with Crippen molar-refractivity contribution in [1.82, 2.24) is 30.4 Å². The topological polar surface area (TPSA) is 113 Å². The van der Waals surface area contributed by atoms with Crippen LogP contribution in [-0.4, -0.2) is 67.3 Å². The molecule has 1 aliphatic carbocycles. The Labute approximate surface area is 157 Å². The minimum absolute atomic E-state index is 0.0311. The number of hydrogen-bond donors (Lipinski definition) is 2. The molecular formula is C18H24N6O3. The van der Waals surface area contributed by atoms with Crippen LogP contribution in [0.1, 0.15) is 32.7 Å². The molecule has 9 heteroatoms. The van der Waals surface area contributed by atoms with Crippen molar-refractivity contribution in [3.63, 3.8) is 0 Å². The fraction of sp³-hybridized carbons (Fsp3) is 0.500. The van der Waals surface area contributed by atoms with Gasteiger partial charge in [-0.3, -0.25) is 14.5 Å². The number of aliphatic carboxylic acids is 1. The highest BCUT2D eigenvalue weighted by Crippen LogP contribution is 2.26. The molecule has 144 valence electrons. The summed E-state index contributed by atoms with van der Waals surface area (Å²) >= 11 is 0. The Morgan fingerprint density at radius 1 is 1.33 bits per heavy atom. The lowest BCUT2D eigenvalue weighted by atomic mass is 9.85. The van der Waals surface area contributed by atoms with Gasteiger partial charge in [-0.15, -0.1) is 10.2 Å². The molecule has 1 saturated carbocycles. The van der Waals surface area contributed by atoms with E-state index < -0.39 is 12.0 Å². The van der Waals surface area contributed by atoms with E-state index in [1.54, 1.807) is 6.92 Å². The lowest BCUT2D eigenvalue weighted by Crippen LogP contribution is -2.55. The number of amides is 1. The Bertz CT molecular complexity index is 787. The number of carboxylic acids is 1. The van der Waals surface area contributed by atoms with E-state index in [-0.39, 0.29) is 24.5 Å². The molecule has 1 unspecified atom stereocenters. The molecule has 1 amide bonds. The minimum atomic E-state index is -0.829. The SMILES string of the molecule is CCN(CC(=O)O)C1CC(NC(=O)C(C)n2nnc(-c3ccccc3)n2)C1. The average Bonchev–Trinajstić information content (AvgIpc) is 3.12. The number of rotatable bonds is 8. The molecule has 0 radical (unpaired) electrons. The third-order valence-corrected chi connectivity index (χ3v) is 4.91. The first-order chi connectivity index (χ1) is 13.0. The molecular weight excluding hydrogens is 348 g/mol. The van der Waals surface area contributed by atoms with Gasteiger partial charge in [0.1, 0.15) is 6.04 Å². The van der Waals surface area contributed by atoms with Crippen molar-refractivity contribution in [3.8, 4) is 11.4 Å². The quantitative estimate of drug-likeness (QED) is 0.709. The Morgan fingerprint density at radius 2 is 2.04 bits per heavy atom. The lowest BCUT2D eigenvalue weighted by molar-refractivity contribution is -0.140. The molecule has 0 saturated heterocycles. The summed E-state index contributed by atoms with van der Waals surface area (Å²) in [5.41, 5.74) is 0.844. The zero-order chi connectivity index (χ0) is 19.4. The van der Waals surface area contributed by atoms with Gasteiger partial charge in [-0.1, -0.05) is 37.3 Å². The normalized spacial score (nSPS) is 20.1. The number of carbonyl (C=O) groups excluding carboxylic acids is 1. The van der Waals surface area contributed by atoms with Gasteiger partial charge in [-0.2, -0.15) is 4.80 Å². The first kappa shape index (κ1) is 19.0. The van der Waals surface area contributed by atoms with Crippen LogP contribution in [0.2, 0.25) is 0 Å². The highest BCUT2D eigenvalue weighted by molar-refractivity contribution is 5.80. The zero-order valence-electron chi connectivity index (χ0n) is 15.4. The van der Waals surface area contributed by atoms with Crippen molar-refractivity contribution in [2.75, 3.05) is 13.1 Å². The number of tetrazole rings is 1. The molecule has 1 fully saturated rings. The van der Waals surface area contributed by atoms with Gasteiger partial charge in [0.2, 0.25) is 11.7 Å². The third kappa shape index (κ3) is 4.48. The number of likely N-dealkylation sites (N-methyl/N-ethyl adjacent to an activating group) is 1. The summed E-state index contributed by atoms with van der Waals surface area (Å²) < 4.78 is 0. The van der Waals surface area contributed by atoms with Crippen LogP contribution in [0.15, 0.2) is 30.3 Å². The summed E-state index contributed by atoms with van der Waals surface area (Å²) in [6.07, 6.45) is 1.50. The maximum absolute atomic E-state index is 12.5. The van der Waals surface area contributed by atoms with Crippen LogP contribution < -0.4 is 5.32 Å². The van der Waals surface area contributed by atoms with E-state index in [0.717, 1.165) is 18.4 Å². The molecule has 2 N–H and O–H groups in total. The Morgan fingerprint density at radius 3 is 2.67 bits per heavy atom. The van der Waals surface area contributed by atoms with E-state index in [0.29, 0.717) is 12.4 Å². The Hall–Kier alpha value is -2.81. The summed E-state index contributed by atoms with van der Waals surface area (Å²) in [5.74, 6) is -0.521. The lowest BCUT2D eigenvalue weighted by Gasteiger charge is -2.42. The van der Waals surface area contributed by atoms with Crippen molar-refractivity contribution in [3.05, 3.63) is 30.3 Å². The van der Waals surface area contributed by atoms with Crippen molar-refractivity contribution < 1.29 is 14.7 Å². The predicted molar refractivity (Wildman–Crippen MR) is 97.8 cm³/mol. The second-order valence-electron chi connectivity index (χ2n) is 6.76. The van der Waals surface area contributed by atoms with Gasteiger partial charge in [0.15, 0.2) is 0 Å². The van der Waals surface area contributed by atoms with Gasteiger partial charge in [0, 0.05) is 17.6 Å². The van der Waals surface area contributed by atoms with Crippen LogP contribution in [-0.2, 0) is 9.59 Å². The zero-order valence-corrected chi connectivity index (χ0v) is 15.4. The van der Waals surface area contributed by atoms with Crippen molar-refractivity contribution in [1.29, 1.82) is 0 Å². The molecule has 0 bridgehead atoms. The first-order valence-corrected chi connectivity index (χ1v) is 9.09. The molecule has 9 nitrogen and oxygen atoms in total. The van der Waals surface area contributed by atoms with E-state index in [9.17, 15) is 9.59 Å². The Kier molecular flexibility index (Phi) is 5.80. The number of carbonyl (C=O) groups is 2. The van der Waals surface area contributed by atoms with Crippen molar-refractivity contribution >= 4 is 11.9 Å². The van der Waals surface area contributed by atoms with Crippen LogP contribution in [0.5, 0.6) is 0 Å². The second kappa shape index (κ2) is 8.26. The van der Waals surface area contributed by atoms with Crippen LogP contribution in [0, 0.1) is 0 Å². The molecule has 1 aliphatic rings. The van der Waals surface area contributed by atoms with Crippen LogP contribution >= 0.6 is 0 Å². The maximum atomic E-state index is 12.5. The highest BCUT2D eigenvalue weighted by Gasteiger charge is 2.35. The monoisotopic (exact) mass is 372 g/mol. The standard InChI is InChI=1S/C18H24N6O3/c1-3-23(11-16(25)26)15-9-14(10-15)19-18(27)12(2)24-21-17(20-22-24)13-7-5-4-6-8-13/h4-8,12,14-15H,3,9-11H2,1-2H3,(H,19,27)(H,25,26). The number of aromatic nitrogens is 4. The second-order valence-corrected chi connectivity index (χ2v) is 6.76. The third-order valence-electron chi connectivity index (χ3n) is 4.91. The fourth-order valence-corrected chi connectivity index (χ4v) is 3.20. The van der Waals surface area contributed by atoms with E-state index in [2.05, 4.69) is 20.7 Å². The van der Waals surface area contributed by atoms with Crippen molar-refractivity contribution in [2.45, 2.75) is 44.8 Å². The Balaban J connectivity index is 1.52. The smallest absolute Gasteiger partial charge is 0.317 e. The molecule has 0 spiro atoms. The van der Waals surface area contributed by atoms with Gasteiger partial charge < -0.3 is 10.4 Å². The molecule has 27 heavy (non-hydrogen) atoms. The number of carboxylic acid groups (broad SMARTS) is 1. The minimum Gasteiger partial charge on any atom is -0.480 e. The van der Waals surface area contributed by atoms with Gasteiger partial charge in [-0.05, 0) is 31.5 Å². The fourth-order valence-electron chi connectivity index (χ4n) is 3.20. The summed E-state index contributed by atoms with van der Waals surface area (Å²) in [5, 5.41) is 24.2. The molecule has 1 heterocycles. The maximum Gasteiger partial charge on any atom is 0.317 e. The van der Waals surface area contributed by atoms with Gasteiger partial charge in [0.25, 0.3) is 0 Å². The number of hydrogen-bond acceptors (Lipinski definition) is 6. The summed E-state index contributed by atoms with van der Waals surface area (Å²) in [6.45, 7) is 4.38. The van der Waals surface area contributed by atoms with Gasteiger partial charge >= 0.3 is 5.97 Å². The van der Waals surface area contributed by atoms with E-state index in [4.69, 9.17) is 5.11 Å². The van der Waals surface area contributed by atoms with E-state index in [1.165, 1.54) is 4.80 Å². The highest BCUT2D eigenvalue weighted by atomic mass is 16.4. The molecule has 3 rings (SSSR count). The first-order valence-electron chi connectivity index (χ1n) is 9.09. The number of nitrogens with zero attached hydrogens (tertiary/aromatic N) is 5. The summed E-state index contributed by atoms with van der Waals surface area (Å²) in [4.78, 5) is 26.6. The molecule has 2 aromatic rings. The van der Waals surface area contributed by atoms with Crippen LogP contribution in [0.3, 0.4) is 0 Å². The van der Waals surface area contributed by atoms with E-state index in [1.807, 2.05) is 42.2 Å². The van der Waals surface area contributed by atoms with Gasteiger partial charge in [-0.25, -0.2) is 0 Å². The van der Waals surface area contributed by atoms with Crippen LogP contribution in [0.4, 0.5) is 0 Å². The molecule has 1 atom stereocenters. The molecule has 0 aliphatic heterocycles. The molecule has 1 aromatic carbocycles. The van der Waals surface area contributed by atoms with Gasteiger partial charge in [0.05, 0.1) is 6.54 Å². The van der Waals surface area contributed by atoms with Crippen LogP contribution in [0.25, 0.3) is 11.4 Å². The predicted octanol–water partition coefficient (Wildman–Crippen LogP) is 0.955. The average molecular weight is 372 g/mol. The van der Waals surface area contributed by atoms with E-state index >= 15 is 0 Å². The summed E-state index contributed by atoms with van der Waals surface area (Å²) in [7, 11) is 0.